The van der Waals surface area contributed by atoms with Crippen LogP contribution in [0.4, 0.5) is 4.39 Å². The lowest BCUT2D eigenvalue weighted by molar-refractivity contribution is -0.0229. The molecular formula is C22H19Cl2FN2O3. The van der Waals surface area contributed by atoms with Crippen molar-refractivity contribution in [3.63, 3.8) is 0 Å². The highest BCUT2D eigenvalue weighted by molar-refractivity contribution is 6.35. The molecule has 1 atom stereocenters. The lowest BCUT2D eigenvalue weighted by Gasteiger charge is -2.34. The van der Waals surface area contributed by atoms with E-state index in [0.29, 0.717) is 40.7 Å². The SMILES string of the molecule is COc1ccc2cc(C(=O)N3CCOC(c4cc(F)c(Cl)cc4Cl)C3)c(C)nc2c1. The number of halogens is 3. The number of rotatable bonds is 3. The summed E-state index contributed by atoms with van der Waals surface area (Å²) in [5.74, 6) is -0.0266. The maximum atomic E-state index is 13.9. The molecule has 0 aliphatic carbocycles. The summed E-state index contributed by atoms with van der Waals surface area (Å²) >= 11 is 12.0. The molecular weight excluding hydrogens is 430 g/mol. The van der Waals surface area contributed by atoms with E-state index in [1.165, 1.54) is 12.1 Å². The second-order valence-electron chi connectivity index (χ2n) is 7.08. The molecule has 1 amide bonds. The molecule has 2 aromatic carbocycles. The van der Waals surface area contributed by atoms with Gasteiger partial charge in [-0.2, -0.15) is 0 Å². The predicted molar refractivity (Wildman–Crippen MR) is 114 cm³/mol. The zero-order chi connectivity index (χ0) is 21.4. The number of amides is 1. The van der Waals surface area contributed by atoms with Gasteiger partial charge in [-0.25, -0.2) is 4.39 Å². The van der Waals surface area contributed by atoms with Gasteiger partial charge in [0.15, 0.2) is 0 Å². The highest BCUT2D eigenvalue weighted by Gasteiger charge is 2.29. The van der Waals surface area contributed by atoms with E-state index in [4.69, 9.17) is 32.7 Å². The van der Waals surface area contributed by atoms with Crippen LogP contribution < -0.4 is 4.74 Å². The smallest absolute Gasteiger partial charge is 0.255 e. The van der Waals surface area contributed by atoms with Crippen LogP contribution in [-0.2, 0) is 4.74 Å². The van der Waals surface area contributed by atoms with Crippen LogP contribution in [0.5, 0.6) is 5.75 Å². The Hall–Kier alpha value is -2.41. The number of benzene rings is 2. The second kappa shape index (κ2) is 8.38. The number of morpholine rings is 1. The number of fused-ring (bicyclic) bond motifs is 1. The maximum Gasteiger partial charge on any atom is 0.255 e. The van der Waals surface area contributed by atoms with E-state index in [1.54, 1.807) is 18.9 Å². The average molecular weight is 449 g/mol. The fraction of sp³-hybridized carbons (Fsp3) is 0.273. The Morgan fingerprint density at radius 2 is 2.03 bits per heavy atom. The molecule has 30 heavy (non-hydrogen) atoms. The number of hydrogen-bond acceptors (Lipinski definition) is 4. The van der Waals surface area contributed by atoms with Gasteiger partial charge in [-0.05, 0) is 37.3 Å². The van der Waals surface area contributed by atoms with Crippen molar-refractivity contribution in [3.05, 3.63) is 69.1 Å². The number of ether oxygens (including phenoxy) is 2. The largest absolute Gasteiger partial charge is 0.497 e. The third-order valence-corrected chi connectivity index (χ3v) is 5.80. The summed E-state index contributed by atoms with van der Waals surface area (Å²) in [4.78, 5) is 19.5. The Morgan fingerprint density at radius 1 is 1.23 bits per heavy atom. The van der Waals surface area contributed by atoms with Gasteiger partial charge < -0.3 is 14.4 Å². The van der Waals surface area contributed by atoms with E-state index >= 15 is 0 Å². The average Bonchev–Trinajstić information content (AvgIpc) is 2.75. The van der Waals surface area contributed by atoms with Crippen molar-refractivity contribution in [1.29, 1.82) is 0 Å². The Kier molecular flexibility index (Phi) is 5.82. The zero-order valence-corrected chi connectivity index (χ0v) is 17.9. The van der Waals surface area contributed by atoms with Gasteiger partial charge in [0.05, 0.1) is 42.1 Å². The Bertz CT molecular complexity index is 1140. The molecule has 3 aromatic rings. The summed E-state index contributed by atoms with van der Waals surface area (Å²) in [6.07, 6.45) is -0.542. The van der Waals surface area contributed by atoms with Gasteiger partial charge in [0.2, 0.25) is 0 Å². The van der Waals surface area contributed by atoms with Crippen molar-refractivity contribution >= 4 is 40.0 Å². The fourth-order valence-corrected chi connectivity index (χ4v) is 4.07. The standard InChI is InChI=1S/C22H19Cl2FN2O3/c1-12-15(7-13-3-4-14(29-2)8-20(13)26-12)22(28)27-5-6-30-21(11-27)16-9-19(25)18(24)10-17(16)23/h3-4,7-10,21H,5-6,11H2,1-2H3. The van der Waals surface area contributed by atoms with Crippen LogP contribution in [0, 0.1) is 12.7 Å². The molecule has 156 valence electrons. The molecule has 0 saturated carbocycles. The normalized spacial score (nSPS) is 16.7. The van der Waals surface area contributed by atoms with Gasteiger partial charge in [0, 0.05) is 28.6 Å². The zero-order valence-electron chi connectivity index (χ0n) is 16.4. The molecule has 0 spiro atoms. The van der Waals surface area contributed by atoms with Crippen molar-refractivity contribution in [2.24, 2.45) is 0 Å². The number of pyridine rings is 1. The lowest BCUT2D eigenvalue weighted by Crippen LogP contribution is -2.42. The molecule has 4 rings (SSSR count). The Balaban J connectivity index is 1.62. The van der Waals surface area contributed by atoms with Gasteiger partial charge in [-0.15, -0.1) is 0 Å². The molecule has 1 aliphatic heterocycles. The Morgan fingerprint density at radius 3 is 2.80 bits per heavy atom. The number of aryl methyl sites for hydroxylation is 1. The minimum Gasteiger partial charge on any atom is -0.497 e. The molecule has 2 heterocycles. The number of methoxy groups -OCH3 is 1. The maximum absolute atomic E-state index is 13.9. The fourth-order valence-electron chi connectivity index (χ4n) is 3.56. The number of aromatic nitrogens is 1. The summed E-state index contributed by atoms with van der Waals surface area (Å²) in [6.45, 7) is 2.78. The first-order valence-electron chi connectivity index (χ1n) is 9.38. The quantitative estimate of drug-likeness (QED) is 0.515. The van der Waals surface area contributed by atoms with Gasteiger partial charge in [-0.3, -0.25) is 9.78 Å². The van der Waals surface area contributed by atoms with Crippen LogP contribution >= 0.6 is 23.2 Å². The minimum absolute atomic E-state index is 0.0537. The summed E-state index contributed by atoms with van der Waals surface area (Å²) in [7, 11) is 1.60. The van der Waals surface area contributed by atoms with Crippen molar-refractivity contribution in [1.82, 2.24) is 9.88 Å². The molecule has 0 bridgehead atoms. The molecule has 8 heteroatoms. The van der Waals surface area contributed by atoms with Crippen molar-refractivity contribution in [2.45, 2.75) is 13.0 Å². The molecule has 1 fully saturated rings. The van der Waals surface area contributed by atoms with Crippen LogP contribution in [0.25, 0.3) is 10.9 Å². The predicted octanol–water partition coefficient (Wildman–Crippen LogP) is 5.21. The van der Waals surface area contributed by atoms with Crippen molar-refractivity contribution in [2.75, 3.05) is 26.8 Å². The van der Waals surface area contributed by atoms with Gasteiger partial charge in [0.25, 0.3) is 5.91 Å². The highest BCUT2D eigenvalue weighted by Crippen LogP contribution is 2.33. The van der Waals surface area contributed by atoms with Crippen molar-refractivity contribution < 1.29 is 18.7 Å². The number of hydrogen-bond donors (Lipinski definition) is 0. The molecule has 0 N–H and O–H groups in total. The first kappa shape index (κ1) is 20.8. The summed E-state index contributed by atoms with van der Waals surface area (Å²) in [5.41, 5.74) is 2.37. The van der Waals surface area contributed by atoms with Crippen molar-refractivity contribution in [3.8, 4) is 5.75 Å². The number of carbonyl (C=O) groups is 1. The van der Waals surface area contributed by atoms with E-state index < -0.39 is 11.9 Å². The van der Waals surface area contributed by atoms with E-state index in [0.717, 1.165) is 10.9 Å². The third kappa shape index (κ3) is 3.95. The molecule has 5 nitrogen and oxygen atoms in total. The van der Waals surface area contributed by atoms with Crippen LogP contribution in [-0.4, -0.2) is 42.6 Å². The third-order valence-electron chi connectivity index (χ3n) is 5.19. The van der Waals surface area contributed by atoms with E-state index in [2.05, 4.69) is 4.98 Å². The summed E-state index contributed by atoms with van der Waals surface area (Å²) in [5, 5.41) is 1.09. The first-order valence-corrected chi connectivity index (χ1v) is 10.1. The molecule has 1 aromatic heterocycles. The van der Waals surface area contributed by atoms with Gasteiger partial charge >= 0.3 is 0 Å². The lowest BCUT2D eigenvalue weighted by atomic mass is 10.0. The molecule has 0 radical (unpaired) electrons. The van der Waals surface area contributed by atoms with Crippen LogP contribution in [0.3, 0.4) is 0 Å². The molecule has 1 aliphatic rings. The molecule has 1 unspecified atom stereocenters. The number of carbonyl (C=O) groups excluding carboxylic acids is 1. The number of nitrogens with zero attached hydrogens (tertiary/aromatic N) is 2. The summed E-state index contributed by atoms with van der Waals surface area (Å²) < 4.78 is 25.0. The first-order chi connectivity index (χ1) is 14.4. The van der Waals surface area contributed by atoms with E-state index in [9.17, 15) is 9.18 Å². The van der Waals surface area contributed by atoms with Crippen LogP contribution in [0.15, 0.2) is 36.4 Å². The van der Waals surface area contributed by atoms with Crippen LogP contribution in [0.1, 0.15) is 27.7 Å². The topological polar surface area (TPSA) is 51.7 Å². The van der Waals surface area contributed by atoms with Crippen LogP contribution in [0.2, 0.25) is 10.0 Å². The monoisotopic (exact) mass is 448 g/mol. The Labute approximate surface area is 183 Å². The van der Waals surface area contributed by atoms with E-state index in [-0.39, 0.29) is 17.5 Å². The van der Waals surface area contributed by atoms with Gasteiger partial charge in [-0.1, -0.05) is 23.2 Å². The second-order valence-corrected chi connectivity index (χ2v) is 7.89. The van der Waals surface area contributed by atoms with Gasteiger partial charge in [0.1, 0.15) is 17.7 Å². The highest BCUT2D eigenvalue weighted by atomic mass is 35.5. The minimum atomic E-state index is -0.576. The molecule has 1 saturated heterocycles. The van der Waals surface area contributed by atoms with E-state index in [1.807, 2.05) is 24.3 Å². The summed E-state index contributed by atoms with van der Waals surface area (Å²) in [6, 6.07) is 9.98.